The van der Waals surface area contributed by atoms with Gasteiger partial charge in [-0.25, -0.2) is 46.7 Å². The van der Waals surface area contributed by atoms with Gasteiger partial charge in [-0.1, -0.05) is 25.2 Å². The molecule has 42 heteroatoms. The number of carbonyl (C=O) groups is 2. The average Bonchev–Trinajstić information content (AvgIpc) is 1.68. The Bertz CT molecular complexity index is 4720. The Kier molecular flexibility index (Phi) is 25.6. The number of hydrazone groups is 2. The van der Waals surface area contributed by atoms with Gasteiger partial charge in [0.05, 0.1) is 65.1 Å². The number of rotatable bonds is 16. The predicted molar refractivity (Wildman–Crippen MR) is 318 cm³/mol. The summed E-state index contributed by atoms with van der Waals surface area (Å²) in [7, 11) is -16.9. The van der Waals surface area contributed by atoms with E-state index in [1.54, 1.807) is 52.0 Å². The van der Waals surface area contributed by atoms with E-state index in [0.29, 0.717) is 34.2 Å². The molecule has 0 aliphatic carbocycles. The molecule has 2 aliphatic rings. The quantitative estimate of drug-likeness (QED) is 0.0248. The van der Waals surface area contributed by atoms with Crippen LogP contribution in [0.15, 0.2) is 214 Å². The van der Waals surface area contributed by atoms with Crippen molar-refractivity contribution in [1.82, 2.24) is 19.6 Å². The van der Waals surface area contributed by atoms with Crippen LogP contribution in [-0.4, -0.2) is 108 Å². The number of aromatic hydroxyl groups is 2. The number of primary sulfonamides is 2. The third-order valence-electron chi connectivity index (χ3n) is 12.8. The maximum absolute atomic E-state index is 13.0. The Morgan fingerprint density at radius 2 is 0.745 bits per heavy atom. The van der Waals surface area contributed by atoms with Crippen LogP contribution in [-0.2, 0) is 66.7 Å². The number of aryl methyl sites for hydroxylation is 2. The summed E-state index contributed by atoms with van der Waals surface area (Å²) >= 11 is 0. The fraction of sp³-hybridized carbons (Fsp3) is 0.115. The van der Waals surface area contributed by atoms with Gasteiger partial charge < -0.3 is 30.0 Å². The van der Waals surface area contributed by atoms with Crippen molar-refractivity contribution >= 4 is 109 Å². The number of phenolic OH excluding ortho intramolecular Hbond substituents is 2. The number of hydrogen-bond acceptors (Lipinski definition) is 26. The van der Waals surface area contributed by atoms with Gasteiger partial charge in [0, 0.05) is 28.9 Å². The summed E-state index contributed by atoms with van der Waals surface area (Å²) < 4.78 is 111. The Labute approximate surface area is 609 Å². The van der Waals surface area contributed by atoms with Crippen molar-refractivity contribution in [3.05, 3.63) is 166 Å². The first-order chi connectivity index (χ1) is 42.3. The monoisotopic (exact) mass is 1430 g/mol. The topological polar surface area (TPSA) is 504 Å². The van der Waals surface area contributed by atoms with Gasteiger partial charge in [-0.3, -0.25) is 18.7 Å². The number of hydrogen-bond donors (Lipinski definition) is 6. The van der Waals surface area contributed by atoms with E-state index in [9.17, 15) is 63.1 Å². The Morgan fingerprint density at radius 3 is 1.03 bits per heavy atom. The first-order valence-electron chi connectivity index (χ1n) is 25.3. The van der Waals surface area contributed by atoms with E-state index in [4.69, 9.17) is 19.4 Å². The summed E-state index contributed by atoms with van der Waals surface area (Å²) in [5, 5.41) is 81.1. The Morgan fingerprint density at radius 1 is 0.447 bits per heavy atom. The predicted octanol–water partition coefficient (Wildman–Crippen LogP) is -2.69. The molecule has 0 fully saturated rings. The van der Waals surface area contributed by atoms with Crippen LogP contribution in [0.3, 0.4) is 0 Å². The second kappa shape index (κ2) is 31.1. The number of aromatic nitrogens is 4. The Hall–Kier alpha value is -7.23. The summed E-state index contributed by atoms with van der Waals surface area (Å²) in [6.45, 7) is 6.24. The van der Waals surface area contributed by atoms with Gasteiger partial charge in [0.25, 0.3) is 32.1 Å². The SMILES string of the molecule is CC1=NN(c2ccc(N=N[c-]3c(C)nn(-c4ccc(S(=O)(=O)O)cc4)c3=O)cc2)C(=O)C1N=Nc1ccc(S(N)(=O)=O)cc1O.CC1=NN(c2ccc(N=N[c-]3c(C)nn(-c4ccc(S(=O)(=O)O)cc4)c3=O)cc2)C(=O)C1N=Nc1ccc(S(N)(=O)=O)cc1O.[Co].[Na+].[Na+].[Na+]. The molecule has 473 valence electrons. The van der Waals surface area contributed by atoms with Crippen LogP contribution in [0.25, 0.3) is 11.4 Å². The van der Waals surface area contributed by atoms with Crippen molar-refractivity contribution in [2.75, 3.05) is 10.0 Å². The number of sulfonamides is 2. The van der Waals surface area contributed by atoms with Crippen LogP contribution >= 0.6 is 0 Å². The molecule has 6 aromatic carbocycles. The molecule has 0 spiro atoms. The van der Waals surface area contributed by atoms with Crippen molar-refractivity contribution < 1.29 is 168 Å². The second-order valence-corrected chi connectivity index (χ2v) is 25.0. The number of benzene rings is 6. The molecule has 2 amide bonds. The fourth-order valence-corrected chi connectivity index (χ4v) is 10.2. The van der Waals surface area contributed by atoms with Crippen molar-refractivity contribution in [3.63, 3.8) is 0 Å². The molecule has 2 aromatic heterocycles. The zero-order valence-corrected chi connectivity index (χ0v) is 60.1. The molecule has 4 heterocycles. The molecule has 2 atom stereocenters. The Balaban J connectivity index is 0.000000327. The summed E-state index contributed by atoms with van der Waals surface area (Å²) in [6, 6.07) is 26.4. The molecular weight excluding hydrogens is 1390 g/mol. The molecule has 0 saturated heterocycles. The van der Waals surface area contributed by atoms with E-state index < -0.39 is 86.8 Å². The first kappa shape index (κ1) is 77.5. The summed E-state index contributed by atoms with van der Waals surface area (Å²) in [4.78, 5) is 50.6. The summed E-state index contributed by atoms with van der Waals surface area (Å²) in [5.74, 6) is -2.05. The van der Waals surface area contributed by atoms with E-state index in [2.05, 4.69) is 61.3 Å². The molecule has 8 aromatic rings. The van der Waals surface area contributed by atoms with E-state index in [1.165, 1.54) is 60.7 Å². The number of carbonyl (C=O) groups excluding carboxylic acids is 2. The van der Waals surface area contributed by atoms with Gasteiger partial charge in [-0.05, 0) is 135 Å². The molecule has 1 radical (unpaired) electrons. The van der Waals surface area contributed by atoms with E-state index in [-0.39, 0.29) is 171 Å². The smallest absolute Gasteiger partial charge is 0.506 e. The van der Waals surface area contributed by atoms with Crippen molar-refractivity contribution in [1.29, 1.82) is 0 Å². The van der Waals surface area contributed by atoms with Gasteiger partial charge in [0.15, 0.2) is 12.1 Å². The number of nitrogens with zero attached hydrogens (tertiary/aromatic N) is 16. The van der Waals surface area contributed by atoms with Crippen LogP contribution in [0.4, 0.5) is 45.5 Å². The number of anilines is 2. The van der Waals surface area contributed by atoms with Gasteiger partial charge in [0.1, 0.15) is 34.0 Å². The fourth-order valence-electron chi connectivity index (χ4n) is 8.15. The molecule has 2 unspecified atom stereocenters. The van der Waals surface area contributed by atoms with E-state index in [0.717, 1.165) is 67.9 Å². The van der Waals surface area contributed by atoms with Gasteiger partial charge in [-0.15, -0.1) is 11.4 Å². The van der Waals surface area contributed by atoms with Crippen LogP contribution < -0.4 is 120 Å². The third-order valence-corrected chi connectivity index (χ3v) is 16.3. The number of nitrogens with two attached hydrogens (primary N) is 2. The molecule has 2 aliphatic heterocycles. The molecule has 34 nitrogen and oxygen atoms in total. The first-order valence-corrected chi connectivity index (χ1v) is 31.3. The number of phenols is 2. The number of azo groups is 4. The summed E-state index contributed by atoms with van der Waals surface area (Å²) in [5.41, 5.74) is 1.63. The van der Waals surface area contributed by atoms with Crippen molar-refractivity contribution in [3.8, 4) is 22.9 Å². The zero-order valence-electron chi connectivity index (χ0n) is 49.8. The largest absolute Gasteiger partial charge is 1.00 e. The molecular formula is C52H44CoN18Na3O16S4+. The van der Waals surface area contributed by atoms with Gasteiger partial charge >= 0.3 is 88.7 Å². The number of amides is 2. The average molecular weight is 1430 g/mol. The molecule has 0 bridgehead atoms. The second-order valence-electron chi connectivity index (χ2n) is 19.1. The van der Waals surface area contributed by atoms with E-state index >= 15 is 0 Å². The van der Waals surface area contributed by atoms with Crippen molar-refractivity contribution in [2.45, 2.75) is 59.4 Å². The van der Waals surface area contributed by atoms with Crippen LogP contribution in [0.5, 0.6) is 11.5 Å². The normalized spacial score (nSPS) is 15.1. The van der Waals surface area contributed by atoms with Gasteiger partial charge in [0.2, 0.25) is 20.0 Å². The van der Waals surface area contributed by atoms with Gasteiger partial charge in [-0.2, -0.15) is 67.7 Å². The minimum Gasteiger partial charge on any atom is -0.506 e. The summed E-state index contributed by atoms with van der Waals surface area (Å²) in [6.07, 6.45) is 0. The minimum absolute atomic E-state index is 0. The molecule has 0 saturated carbocycles. The molecule has 8 N–H and O–H groups in total. The maximum atomic E-state index is 13.0. The molecule has 10 rings (SSSR count). The minimum atomic E-state index is -4.40. The van der Waals surface area contributed by atoms with Crippen LogP contribution in [0.2, 0.25) is 0 Å². The third kappa shape index (κ3) is 17.8. The van der Waals surface area contributed by atoms with E-state index in [1.807, 2.05) is 0 Å². The van der Waals surface area contributed by atoms with Crippen LogP contribution in [0.1, 0.15) is 25.2 Å². The zero-order chi connectivity index (χ0) is 65.4. The standard InChI is InChI=1S/2C26H22N9O8S2.Co.3Na/c2*1-14-23(25(37)35(32-14)18-7-9-19(10-8-18)45(41,42)43)30-28-16-3-5-17(6-4-16)34-26(38)24(15(2)33-34)31-29-21-12-11-20(13-22(21)36)44(27,39)40;;;;/h2*3-13,24,36H,1-2H3,(H2,27,39,40)(H,41,42,43);;;;/q2*-1;;3*+1. The maximum Gasteiger partial charge on any atom is 1.00 e. The van der Waals surface area contributed by atoms with Crippen LogP contribution in [0, 0.1) is 13.8 Å². The molecule has 94 heavy (non-hydrogen) atoms. The van der Waals surface area contributed by atoms with Crippen molar-refractivity contribution in [2.24, 2.45) is 61.4 Å².